The number of benzene rings is 3. The van der Waals surface area contributed by atoms with Crippen molar-refractivity contribution >= 4 is 17.3 Å². The van der Waals surface area contributed by atoms with Gasteiger partial charge in [0, 0.05) is 13.0 Å². The van der Waals surface area contributed by atoms with Crippen molar-refractivity contribution in [3.63, 3.8) is 0 Å². The first-order valence-electron chi connectivity index (χ1n) is 8.75. The third kappa shape index (κ3) is 5.25. The van der Waals surface area contributed by atoms with Gasteiger partial charge >= 0.3 is 0 Å². The molecule has 0 atom stereocenters. The third-order valence-electron chi connectivity index (χ3n) is 3.91. The minimum atomic E-state index is -0.0894. The molecule has 27 heavy (non-hydrogen) atoms. The highest BCUT2D eigenvalue weighted by molar-refractivity contribution is 5.92. The molecule has 5 heteroatoms. The first-order chi connectivity index (χ1) is 13.3. The second-order valence-electron chi connectivity index (χ2n) is 5.84. The lowest BCUT2D eigenvalue weighted by atomic mass is 10.2. The average molecular weight is 362 g/mol. The fourth-order valence-electron chi connectivity index (χ4n) is 2.59. The molecule has 0 saturated carbocycles. The molecule has 3 aromatic rings. The van der Waals surface area contributed by atoms with Gasteiger partial charge in [-0.25, -0.2) is 0 Å². The van der Waals surface area contributed by atoms with Gasteiger partial charge in [-0.2, -0.15) is 0 Å². The first-order valence-corrected chi connectivity index (χ1v) is 8.75. The Kier molecular flexibility index (Phi) is 6.30. The number of hydrogen-bond acceptors (Lipinski definition) is 4. The number of carbonyl (C=O) groups excluding carboxylic acids is 1. The van der Waals surface area contributed by atoms with Crippen molar-refractivity contribution in [2.24, 2.45) is 0 Å². The van der Waals surface area contributed by atoms with Crippen LogP contribution in [0.1, 0.15) is 6.42 Å². The molecule has 0 fully saturated rings. The number of para-hydroxylation sites is 5. The maximum Gasteiger partial charge on any atom is 0.226 e. The summed E-state index contributed by atoms with van der Waals surface area (Å²) in [5, 5.41) is 6.13. The van der Waals surface area contributed by atoms with Crippen molar-refractivity contribution in [3.05, 3.63) is 78.9 Å². The zero-order chi connectivity index (χ0) is 18.9. The molecule has 2 N–H and O–H groups in total. The van der Waals surface area contributed by atoms with Crippen LogP contribution < -0.4 is 20.1 Å². The summed E-state index contributed by atoms with van der Waals surface area (Å²) >= 11 is 0. The van der Waals surface area contributed by atoms with Crippen LogP contribution in [0.5, 0.6) is 17.2 Å². The van der Waals surface area contributed by atoms with Gasteiger partial charge in [-0.15, -0.1) is 0 Å². The van der Waals surface area contributed by atoms with Crippen LogP contribution in [0.2, 0.25) is 0 Å². The highest BCUT2D eigenvalue weighted by atomic mass is 16.5. The fraction of sp³-hybridized carbons (Fsp3) is 0.136. The second kappa shape index (κ2) is 9.29. The lowest BCUT2D eigenvalue weighted by Crippen LogP contribution is -2.16. The molecule has 3 aromatic carbocycles. The molecule has 0 bridgehead atoms. The molecule has 0 aliphatic carbocycles. The average Bonchev–Trinajstić information content (AvgIpc) is 2.70. The summed E-state index contributed by atoms with van der Waals surface area (Å²) in [6.07, 6.45) is 0.317. The molecule has 3 rings (SSSR count). The monoisotopic (exact) mass is 362 g/mol. The Balaban J connectivity index is 1.55. The Bertz CT molecular complexity index is 881. The number of amides is 1. The summed E-state index contributed by atoms with van der Waals surface area (Å²) in [6.45, 7) is 0.482. The largest absolute Gasteiger partial charge is 0.495 e. The first kappa shape index (κ1) is 18.3. The van der Waals surface area contributed by atoms with Gasteiger partial charge in [0.15, 0.2) is 5.75 Å². The van der Waals surface area contributed by atoms with E-state index in [1.165, 1.54) is 0 Å². The van der Waals surface area contributed by atoms with Gasteiger partial charge in [0.05, 0.1) is 18.5 Å². The van der Waals surface area contributed by atoms with Gasteiger partial charge in [-0.1, -0.05) is 42.5 Å². The molecular formula is C22H22N2O3. The zero-order valence-corrected chi connectivity index (χ0v) is 15.1. The maximum atomic E-state index is 12.2. The number of methoxy groups -OCH3 is 1. The lowest BCUT2D eigenvalue weighted by Gasteiger charge is -2.13. The van der Waals surface area contributed by atoms with E-state index in [9.17, 15) is 4.79 Å². The Morgan fingerprint density at radius 1 is 0.815 bits per heavy atom. The molecule has 0 saturated heterocycles. The molecule has 0 aliphatic heterocycles. The van der Waals surface area contributed by atoms with Crippen molar-refractivity contribution in [2.75, 3.05) is 24.3 Å². The van der Waals surface area contributed by atoms with Gasteiger partial charge < -0.3 is 20.1 Å². The lowest BCUT2D eigenvalue weighted by molar-refractivity contribution is -0.116. The van der Waals surface area contributed by atoms with E-state index in [-0.39, 0.29) is 5.91 Å². The predicted molar refractivity (Wildman–Crippen MR) is 108 cm³/mol. The van der Waals surface area contributed by atoms with Gasteiger partial charge in [-0.3, -0.25) is 4.79 Å². The predicted octanol–water partition coefficient (Wildman–Crippen LogP) is 4.93. The Hall–Kier alpha value is -3.47. The number of hydrogen-bond donors (Lipinski definition) is 2. The standard InChI is InChI=1S/C22H22N2O3/c1-26-20-13-7-6-12-19(20)24-22(25)15-16-23-18-11-5-8-14-21(18)27-17-9-3-2-4-10-17/h2-14,23H,15-16H2,1H3,(H,24,25). The highest BCUT2D eigenvalue weighted by Crippen LogP contribution is 2.29. The summed E-state index contributed by atoms with van der Waals surface area (Å²) in [4.78, 5) is 12.2. The van der Waals surface area contributed by atoms with Crippen LogP contribution in [-0.2, 0) is 4.79 Å². The van der Waals surface area contributed by atoms with Crippen LogP contribution in [0.3, 0.4) is 0 Å². The molecule has 0 aromatic heterocycles. The topological polar surface area (TPSA) is 59.6 Å². The number of rotatable bonds is 8. The van der Waals surface area contributed by atoms with Crippen LogP contribution in [0.15, 0.2) is 78.9 Å². The molecule has 0 aliphatic rings. The van der Waals surface area contributed by atoms with Crippen LogP contribution in [0, 0.1) is 0 Å². The zero-order valence-electron chi connectivity index (χ0n) is 15.1. The van der Waals surface area contributed by atoms with Crippen molar-refractivity contribution < 1.29 is 14.3 Å². The van der Waals surface area contributed by atoms with Crippen LogP contribution in [0.4, 0.5) is 11.4 Å². The second-order valence-corrected chi connectivity index (χ2v) is 5.84. The number of nitrogens with one attached hydrogen (secondary N) is 2. The van der Waals surface area contributed by atoms with Crippen LogP contribution in [0.25, 0.3) is 0 Å². The van der Waals surface area contributed by atoms with Gasteiger partial charge in [0.25, 0.3) is 0 Å². The fourth-order valence-corrected chi connectivity index (χ4v) is 2.59. The summed E-state index contributed by atoms with van der Waals surface area (Å²) in [6, 6.07) is 24.6. The van der Waals surface area contributed by atoms with Gasteiger partial charge in [-0.05, 0) is 36.4 Å². The summed E-state index contributed by atoms with van der Waals surface area (Å²) in [5.74, 6) is 2.03. The molecule has 0 heterocycles. The molecular weight excluding hydrogens is 340 g/mol. The highest BCUT2D eigenvalue weighted by Gasteiger charge is 2.08. The van der Waals surface area contributed by atoms with E-state index < -0.39 is 0 Å². The number of anilines is 2. The minimum absolute atomic E-state index is 0.0894. The quantitative estimate of drug-likeness (QED) is 0.597. The molecule has 0 radical (unpaired) electrons. The van der Waals surface area contributed by atoms with E-state index in [0.29, 0.717) is 30.2 Å². The normalized spacial score (nSPS) is 10.1. The number of ether oxygens (including phenoxy) is 2. The number of carbonyl (C=O) groups is 1. The van der Waals surface area contributed by atoms with E-state index in [2.05, 4.69) is 10.6 Å². The van der Waals surface area contributed by atoms with E-state index in [1.54, 1.807) is 7.11 Å². The molecule has 138 valence electrons. The van der Waals surface area contributed by atoms with Crippen molar-refractivity contribution in [2.45, 2.75) is 6.42 Å². The van der Waals surface area contributed by atoms with E-state index in [4.69, 9.17) is 9.47 Å². The van der Waals surface area contributed by atoms with E-state index >= 15 is 0 Å². The summed E-state index contributed by atoms with van der Waals surface area (Å²) in [5.41, 5.74) is 1.50. The van der Waals surface area contributed by atoms with Crippen molar-refractivity contribution in [1.82, 2.24) is 0 Å². The molecule has 0 spiro atoms. The van der Waals surface area contributed by atoms with E-state index in [1.807, 2.05) is 78.9 Å². The summed E-state index contributed by atoms with van der Waals surface area (Å²) in [7, 11) is 1.58. The van der Waals surface area contributed by atoms with Crippen LogP contribution in [-0.4, -0.2) is 19.6 Å². The third-order valence-corrected chi connectivity index (χ3v) is 3.91. The minimum Gasteiger partial charge on any atom is -0.495 e. The Morgan fingerprint density at radius 2 is 1.44 bits per heavy atom. The molecule has 1 amide bonds. The van der Waals surface area contributed by atoms with Gasteiger partial charge in [0.2, 0.25) is 5.91 Å². The molecule has 5 nitrogen and oxygen atoms in total. The Labute approximate surface area is 158 Å². The van der Waals surface area contributed by atoms with Crippen molar-refractivity contribution in [3.8, 4) is 17.2 Å². The van der Waals surface area contributed by atoms with Crippen molar-refractivity contribution in [1.29, 1.82) is 0 Å². The van der Waals surface area contributed by atoms with Gasteiger partial charge in [0.1, 0.15) is 11.5 Å². The van der Waals surface area contributed by atoms with Crippen LogP contribution >= 0.6 is 0 Å². The smallest absolute Gasteiger partial charge is 0.226 e. The van der Waals surface area contributed by atoms with E-state index in [0.717, 1.165) is 11.4 Å². The Morgan fingerprint density at radius 3 is 2.19 bits per heavy atom. The SMILES string of the molecule is COc1ccccc1NC(=O)CCNc1ccccc1Oc1ccccc1. The maximum absolute atomic E-state index is 12.2. The summed E-state index contributed by atoms with van der Waals surface area (Å²) < 4.78 is 11.2. The molecule has 0 unspecified atom stereocenters.